The second kappa shape index (κ2) is 7.26. The van der Waals surface area contributed by atoms with Crippen molar-refractivity contribution in [2.75, 3.05) is 32.7 Å². The number of thiophene rings is 1. The van der Waals surface area contributed by atoms with Gasteiger partial charge in [-0.2, -0.15) is 0 Å². The normalized spacial score (nSPS) is 23.2. The molecule has 1 atom stereocenters. The number of rotatable bonds is 4. The maximum absolute atomic E-state index is 12.6. The summed E-state index contributed by atoms with van der Waals surface area (Å²) in [6, 6.07) is 10.7. The number of amides is 1. The van der Waals surface area contributed by atoms with Gasteiger partial charge in [0.2, 0.25) is 0 Å². The average Bonchev–Trinajstić information content (AvgIpc) is 3.35. The van der Waals surface area contributed by atoms with Crippen LogP contribution in [0.25, 0.3) is 0 Å². The Balaban J connectivity index is 1.13. The number of carbonyl (C=O) groups excluding carboxylic acids is 1. The van der Waals surface area contributed by atoms with E-state index in [-0.39, 0.29) is 5.91 Å². The van der Waals surface area contributed by atoms with Gasteiger partial charge in [0, 0.05) is 25.2 Å². The van der Waals surface area contributed by atoms with Crippen molar-refractivity contribution in [3.05, 3.63) is 51.7 Å². The van der Waals surface area contributed by atoms with Gasteiger partial charge in [-0.15, -0.1) is 16.8 Å². The third-order valence-corrected chi connectivity index (χ3v) is 7.16. The van der Waals surface area contributed by atoms with Gasteiger partial charge in [-0.1, -0.05) is 18.2 Å². The maximum Gasteiger partial charge on any atom is 0.264 e. The van der Waals surface area contributed by atoms with Crippen LogP contribution >= 0.6 is 11.3 Å². The third kappa shape index (κ3) is 3.26. The van der Waals surface area contributed by atoms with Gasteiger partial charge in [-0.05, 0) is 61.3 Å². The fraction of sp³-hybridized carbons (Fsp3) is 0.476. The van der Waals surface area contributed by atoms with Crippen LogP contribution in [0.5, 0.6) is 5.75 Å². The van der Waals surface area contributed by atoms with Gasteiger partial charge in [0.1, 0.15) is 0 Å². The van der Waals surface area contributed by atoms with E-state index in [0.717, 1.165) is 49.8 Å². The summed E-state index contributed by atoms with van der Waals surface area (Å²) in [5.74, 6) is 1.81. The first-order valence-electron chi connectivity index (χ1n) is 9.89. The van der Waals surface area contributed by atoms with Crippen molar-refractivity contribution in [2.45, 2.75) is 25.3 Å². The van der Waals surface area contributed by atoms with Crippen LogP contribution in [0.1, 0.15) is 39.7 Å². The maximum atomic E-state index is 12.6. The summed E-state index contributed by atoms with van der Waals surface area (Å²) in [7, 11) is 0. The molecule has 0 radical (unpaired) electrons. The monoisotopic (exact) mass is 383 g/mol. The van der Waals surface area contributed by atoms with Gasteiger partial charge in [0.05, 0.1) is 10.9 Å². The Morgan fingerprint density at radius 3 is 2.85 bits per heavy atom. The molecule has 1 fully saturated rings. The number of nitrogens with one attached hydrogen (secondary N) is 1. The minimum absolute atomic E-state index is 0.227. The number of piperidine rings is 1. The molecule has 6 heteroatoms. The molecule has 0 spiro atoms. The van der Waals surface area contributed by atoms with E-state index in [0.29, 0.717) is 12.0 Å². The molecule has 1 saturated heterocycles. The predicted octanol–water partition coefficient (Wildman–Crippen LogP) is 3.10. The summed E-state index contributed by atoms with van der Waals surface area (Å²) in [5.41, 5.74) is 5.76. The number of hydrogen-bond acceptors (Lipinski definition) is 5. The summed E-state index contributed by atoms with van der Waals surface area (Å²) >= 11 is 1.58. The average molecular weight is 384 g/mol. The predicted molar refractivity (Wildman–Crippen MR) is 106 cm³/mol. The van der Waals surface area contributed by atoms with Gasteiger partial charge in [0.15, 0.2) is 5.75 Å². The van der Waals surface area contributed by atoms with Crippen molar-refractivity contribution < 1.29 is 9.63 Å². The van der Waals surface area contributed by atoms with Crippen LogP contribution < -0.4 is 10.3 Å². The molecule has 1 unspecified atom stereocenters. The van der Waals surface area contributed by atoms with E-state index in [9.17, 15) is 4.79 Å². The Morgan fingerprint density at radius 1 is 1.11 bits per heavy atom. The lowest BCUT2D eigenvalue weighted by atomic mass is 9.86. The molecule has 1 aromatic heterocycles. The molecule has 0 bridgehead atoms. The number of carbonyl (C=O) groups is 1. The van der Waals surface area contributed by atoms with E-state index in [4.69, 9.17) is 4.84 Å². The molecule has 1 N–H and O–H groups in total. The fourth-order valence-electron chi connectivity index (χ4n) is 4.58. The minimum atomic E-state index is 0.227. The molecule has 0 saturated carbocycles. The topological polar surface area (TPSA) is 44.8 Å². The molecule has 5 nitrogen and oxygen atoms in total. The third-order valence-electron chi connectivity index (χ3n) is 6.22. The van der Waals surface area contributed by atoms with Crippen molar-refractivity contribution >= 4 is 17.2 Å². The molecular weight excluding hydrogens is 358 g/mol. The number of hydroxylamine groups is 1. The van der Waals surface area contributed by atoms with Crippen molar-refractivity contribution in [1.29, 1.82) is 0 Å². The Labute approximate surface area is 163 Å². The van der Waals surface area contributed by atoms with Crippen molar-refractivity contribution in [3.8, 4) is 5.75 Å². The first-order chi connectivity index (χ1) is 13.3. The Kier molecular flexibility index (Phi) is 4.63. The minimum Gasteiger partial charge on any atom is -0.408 e. The molecule has 142 valence electrons. The Hall–Kier alpha value is -1.89. The number of likely N-dealkylation sites (tertiary alicyclic amines) is 1. The van der Waals surface area contributed by atoms with Crippen molar-refractivity contribution in [1.82, 2.24) is 15.3 Å². The number of para-hydroxylation sites is 1. The molecule has 1 aromatic carbocycles. The van der Waals surface area contributed by atoms with E-state index in [1.807, 2.05) is 22.4 Å². The highest BCUT2D eigenvalue weighted by molar-refractivity contribution is 7.12. The van der Waals surface area contributed by atoms with Gasteiger partial charge < -0.3 is 14.6 Å². The molecule has 0 aliphatic carbocycles. The van der Waals surface area contributed by atoms with Gasteiger partial charge in [-0.25, -0.2) is 0 Å². The molecule has 2 aromatic rings. The Morgan fingerprint density at radius 2 is 1.96 bits per heavy atom. The van der Waals surface area contributed by atoms with E-state index in [1.54, 1.807) is 11.3 Å². The van der Waals surface area contributed by atoms with Gasteiger partial charge in [0.25, 0.3) is 5.91 Å². The van der Waals surface area contributed by atoms with Gasteiger partial charge in [-0.3, -0.25) is 4.79 Å². The number of benzene rings is 1. The second-order valence-corrected chi connectivity index (χ2v) is 8.65. The van der Waals surface area contributed by atoms with E-state index >= 15 is 0 Å². The molecule has 5 rings (SSSR count). The van der Waals surface area contributed by atoms with Crippen LogP contribution in [-0.2, 0) is 6.42 Å². The standard InChI is InChI=1S/C21H25N3O2S/c25-21-20-16(8-14-27-20)7-11-24(21)13-12-23-9-5-15(6-10-23)19-17-3-1-2-4-18(17)26-22-19/h1-4,8,14-15,19,22H,5-7,9-13H2. The van der Waals surface area contributed by atoms with E-state index < -0.39 is 0 Å². The van der Waals surface area contributed by atoms with Crippen LogP contribution in [0.15, 0.2) is 35.7 Å². The van der Waals surface area contributed by atoms with E-state index in [2.05, 4.69) is 28.6 Å². The van der Waals surface area contributed by atoms with Crippen LogP contribution in [-0.4, -0.2) is 48.4 Å². The lowest BCUT2D eigenvalue weighted by Gasteiger charge is -2.36. The van der Waals surface area contributed by atoms with Gasteiger partial charge >= 0.3 is 0 Å². The zero-order chi connectivity index (χ0) is 18.2. The summed E-state index contributed by atoms with van der Waals surface area (Å²) in [5, 5.41) is 2.04. The highest BCUT2D eigenvalue weighted by Crippen LogP contribution is 2.39. The van der Waals surface area contributed by atoms with Crippen LogP contribution in [0, 0.1) is 5.92 Å². The fourth-order valence-corrected chi connectivity index (χ4v) is 5.50. The smallest absolute Gasteiger partial charge is 0.264 e. The molecule has 3 aliphatic heterocycles. The second-order valence-electron chi connectivity index (χ2n) is 7.73. The number of fused-ring (bicyclic) bond motifs is 2. The highest BCUT2D eigenvalue weighted by atomic mass is 32.1. The molecule has 27 heavy (non-hydrogen) atoms. The summed E-state index contributed by atoms with van der Waals surface area (Å²) < 4.78 is 0. The van der Waals surface area contributed by atoms with Crippen molar-refractivity contribution in [2.24, 2.45) is 5.92 Å². The quantitative estimate of drug-likeness (QED) is 0.881. The number of hydrogen-bond donors (Lipinski definition) is 1. The first kappa shape index (κ1) is 17.2. The molecule has 3 aliphatic rings. The molecule has 4 heterocycles. The highest BCUT2D eigenvalue weighted by Gasteiger charge is 2.33. The largest absolute Gasteiger partial charge is 0.408 e. The SMILES string of the molecule is O=C1c2sccc2CCN1CCN1CCC(C2NOc3ccccc32)CC1. The molecular formula is C21H25N3O2S. The lowest BCUT2D eigenvalue weighted by Crippen LogP contribution is -2.44. The zero-order valence-electron chi connectivity index (χ0n) is 15.4. The summed E-state index contributed by atoms with van der Waals surface area (Å²) in [4.78, 5) is 23.7. The zero-order valence-corrected chi connectivity index (χ0v) is 16.2. The summed E-state index contributed by atoms with van der Waals surface area (Å²) in [6.45, 7) is 4.87. The summed E-state index contributed by atoms with van der Waals surface area (Å²) in [6.07, 6.45) is 3.33. The molecule has 1 amide bonds. The first-order valence-corrected chi connectivity index (χ1v) is 10.8. The van der Waals surface area contributed by atoms with Crippen molar-refractivity contribution in [3.63, 3.8) is 0 Å². The Bertz CT molecular complexity index is 828. The van der Waals surface area contributed by atoms with Crippen LogP contribution in [0.2, 0.25) is 0 Å². The van der Waals surface area contributed by atoms with E-state index in [1.165, 1.54) is 24.0 Å². The van der Waals surface area contributed by atoms with Crippen LogP contribution in [0.3, 0.4) is 0 Å². The lowest BCUT2D eigenvalue weighted by molar-refractivity contribution is 0.0694. The van der Waals surface area contributed by atoms with Crippen LogP contribution in [0.4, 0.5) is 0 Å². The number of nitrogens with zero attached hydrogens (tertiary/aromatic N) is 2.